The number of amides is 2. The molecule has 12 heteroatoms. The molecule has 3 heterocycles. The average molecular weight is 460 g/mol. The first kappa shape index (κ1) is 21.7. The Labute approximate surface area is 186 Å². The molecule has 2 amide bonds. The van der Waals surface area contributed by atoms with E-state index in [4.69, 9.17) is 4.74 Å². The molecule has 0 saturated carbocycles. The van der Waals surface area contributed by atoms with Crippen molar-refractivity contribution in [2.24, 2.45) is 0 Å². The fraction of sp³-hybridized carbons (Fsp3) is 0.350. The van der Waals surface area contributed by atoms with Crippen molar-refractivity contribution >= 4 is 29.5 Å². The van der Waals surface area contributed by atoms with Gasteiger partial charge in [0, 0.05) is 10.8 Å². The second-order valence-electron chi connectivity index (χ2n) is 7.85. The minimum atomic E-state index is -1.12. The number of aromatic nitrogens is 2. The van der Waals surface area contributed by atoms with E-state index in [-0.39, 0.29) is 5.69 Å². The van der Waals surface area contributed by atoms with E-state index in [1.165, 1.54) is 23.8 Å². The molecule has 3 N–H and O–H groups in total. The standard InChI is InChI=1S/C20H20N4O7S/c1-20(2)15(19(29)30)23-17(28)14(18(23)32-20)21-16(27)13-10(25)8-12(26)24(22-13)9-6-4-5-7-11(9)31-3/h4-8,14-15,18,25H,1-3H3,(H,21,27)(H,29,30)/t14-,15+,18-/m1/s1. The molecule has 0 aliphatic carbocycles. The van der Waals surface area contributed by atoms with Crippen molar-refractivity contribution in [3.8, 4) is 17.2 Å². The van der Waals surface area contributed by atoms with Gasteiger partial charge in [-0.05, 0) is 26.0 Å². The number of β-lactam (4-membered cyclic amide) rings is 1. The summed E-state index contributed by atoms with van der Waals surface area (Å²) >= 11 is 1.27. The number of aliphatic carboxylic acids is 1. The van der Waals surface area contributed by atoms with Gasteiger partial charge in [-0.3, -0.25) is 14.4 Å². The molecule has 2 fully saturated rings. The molecule has 11 nitrogen and oxygen atoms in total. The summed E-state index contributed by atoms with van der Waals surface area (Å²) in [5.41, 5.74) is -0.886. The average Bonchev–Trinajstić information content (AvgIpc) is 3.00. The number of ether oxygens (including phenoxy) is 1. The smallest absolute Gasteiger partial charge is 0.327 e. The lowest BCUT2D eigenvalue weighted by Gasteiger charge is -2.43. The minimum absolute atomic E-state index is 0.261. The number of methoxy groups -OCH3 is 1. The van der Waals surface area contributed by atoms with Gasteiger partial charge in [-0.15, -0.1) is 11.8 Å². The Bertz CT molecular complexity index is 1190. The number of thioether (sulfide) groups is 1. The van der Waals surface area contributed by atoms with E-state index in [2.05, 4.69) is 10.4 Å². The Hall–Kier alpha value is -3.54. The van der Waals surface area contributed by atoms with Crippen LogP contribution in [0.3, 0.4) is 0 Å². The van der Waals surface area contributed by atoms with Gasteiger partial charge < -0.3 is 25.2 Å². The van der Waals surface area contributed by atoms with Crippen LogP contribution in [0.5, 0.6) is 11.5 Å². The Morgan fingerprint density at radius 2 is 1.94 bits per heavy atom. The normalized spacial score (nSPS) is 23.3. The molecular weight excluding hydrogens is 440 g/mol. The van der Waals surface area contributed by atoms with Crippen LogP contribution in [0.1, 0.15) is 24.3 Å². The van der Waals surface area contributed by atoms with E-state index in [1.807, 2.05) is 0 Å². The number of carbonyl (C=O) groups is 3. The van der Waals surface area contributed by atoms with Crippen molar-refractivity contribution in [3.05, 3.63) is 46.4 Å². The number of nitrogens with zero attached hydrogens (tertiary/aromatic N) is 3. The number of hydrogen-bond donors (Lipinski definition) is 3. The van der Waals surface area contributed by atoms with Crippen LogP contribution in [0.2, 0.25) is 0 Å². The zero-order chi connectivity index (χ0) is 23.4. The molecule has 0 unspecified atom stereocenters. The quantitative estimate of drug-likeness (QED) is 0.531. The molecule has 2 saturated heterocycles. The number of fused-ring (bicyclic) bond motifs is 1. The van der Waals surface area contributed by atoms with Crippen molar-refractivity contribution in [2.75, 3.05) is 7.11 Å². The number of para-hydroxylation sites is 2. The highest BCUT2D eigenvalue weighted by Crippen LogP contribution is 2.50. The summed E-state index contributed by atoms with van der Waals surface area (Å²) in [6.45, 7) is 3.44. The van der Waals surface area contributed by atoms with Crippen LogP contribution in [0.4, 0.5) is 0 Å². The predicted molar refractivity (Wildman–Crippen MR) is 113 cm³/mol. The lowest BCUT2D eigenvalue weighted by molar-refractivity contribution is -0.159. The van der Waals surface area contributed by atoms with E-state index in [9.17, 15) is 29.4 Å². The Balaban J connectivity index is 1.62. The van der Waals surface area contributed by atoms with Crippen molar-refractivity contribution in [2.45, 2.75) is 36.1 Å². The SMILES string of the molecule is COc1ccccc1-n1nc(C(=O)N[C@@H]2C(=O)N3[C@@H]2SC(C)(C)[C@@H]3C(=O)O)c(O)cc1=O. The number of benzene rings is 1. The molecule has 0 spiro atoms. The summed E-state index contributed by atoms with van der Waals surface area (Å²) < 4.78 is 5.39. The third-order valence-electron chi connectivity index (χ3n) is 5.40. The van der Waals surface area contributed by atoms with Gasteiger partial charge in [0.25, 0.3) is 11.5 Å². The van der Waals surface area contributed by atoms with Gasteiger partial charge in [0.2, 0.25) is 5.91 Å². The molecule has 2 aliphatic heterocycles. The molecule has 2 aliphatic rings. The van der Waals surface area contributed by atoms with Crippen molar-refractivity contribution in [1.82, 2.24) is 20.0 Å². The van der Waals surface area contributed by atoms with Crippen LogP contribution in [0.15, 0.2) is 35.1 Å². The third-order valence-corrected chi connectivity index (χ3v) is 6.97. The maximum absolute atomic E-state index is 12.9. The Morgan fingerprint density at radius 1 is 1.25 bits per heavy atom. The number of nitrogens with one attached hydrogen (secondary N) is 1. The molecule has 1 aromatic carbocycles. The maximum atomic E-state index is 12.9. The van der Waals surface area contributed by atoms with Crippen molar-refractivity contribution < 1.29 is 29.3 Å². The number of aromatic hydroxyl groups is 1. The number of carbonyl (C=O) groups excluding carboxylic acids is 2. The molecule has 0 bridgehead atoms. The maximum Gasteiger partial charge on any atom is 0.327 e. The van der Waals surface area contributed by atoms with Crippen molar-refractivity contribution in [3.63, 3.8) is 0 Å². The summed E-state index contributed by atoms with van der Waals surface area (Å²) in [4.78, 5) is 50.7. The van der Waals surface area contributed by atoms with Gasteiger partial charge in [-0.1, -0.05) is 12.1 Å². The Morgan fingerprint density at radius 3 is 2.59 bits per heavy atom. The van der Waals surface area contributed by atoms with Crippen LogP contribution < -0.4 is 15.6 Å². The molecule has 0 radical (unpaired) electrons. The zero-order valence-electron chi connectivity index (χ0n) is 17.3. The molecule has 3 atom stereocenters. The van der Waals surface area contributed by atoms with E-state index in [1.54, 1.807) is 38.1 Å². The van der Waals surface area contributed by atoms with E-state index >= 15 is 0 Å². The highest BCUT2D eigenvalue weighted by Gasteiger charge is 2.64. The second kappa shape index (κ2) is 7.55. The summed E-state index contributed by atoms with van der Waals surface area (Å²) in [6.07, 6.45) is 0. The fourth-order valence-electron chi connectivity index (χ4n) is 3.94. The van der Waals surface area contributed by atoms with Gasteiger partial charge in [-0.2, -0.15) is 9.78 Å². The molecule has 168 valence electrons. The van der Waals surface area contributed by atoms with Crippen molar-refractivity contribution in [1.29, 1.82) is 0 Å². The monoisotopic (exact) mass is 460 g/mol. The summed E-state index contributed by atoms with van der Waals surface area (Å²) in [7, 11) is 1.41. The fourth-order valence-corrected chi connectivity index (χ4v) is 5.57. The van der Waals surface area contributed by atoms with Crippen LogP contribution >= 0.6 is 11.8 Å². The molecule has 4 rings (SSSR count). The van der Waals surface area contributed by atoms with Crippen LogP contribution in [0.25, 0.3) is 5.69 Å². The second-order valence-corrected chi connectivity index (χ2v) is 9.62. The number of carboxylic acids is 1. The van der Waals surface area contributed by atoms with Crippen LogP contribution in [0, 0.1) is 0 Å². The summed E-state index contributed by atoms with van der Waals surface area (Å²) in [5, 5.41) is 25.6. The van der Waals surface area contributed by atoms with Gasteiger partial charge in [0.1, 0.15) is 28.9 Å². The number of carboxylic acid groups (broad SMARTS) is 1. The summed E-state index contributed by atoms with van der Waals surface area (Å²) in [6, 6.07) is 5.36. The van der Waals surface area contributed by atoms with Gasteiger partial charge in [-0.25, -0.2) is 4.79 Å². The number of hydrogen-bond acceptors (Lipinski definition) is 8. The van der Waals surface area contributed by atoms with Gasteiger partial charge >= 0.3 is 5.97 Å². The lowest BCUT2D eigenvalue weighted by Crippen LogP contribution is -2.70. The predicted octanol–water partition coefficient (Wildman–Crippen LogP) is 0.192. The Kier molecular flexibility index (Phi) is 5.12. The van der Waals surface area contributed by atoms with E-state index in [0.29, 0.717) is 5.75 Å². The largest absolute Gasteiger partial charge is 0.505 e. The highest BCUT2D eigenvalue weighted by molar-refractivity contribution is 8.01. The highest BCUT2D eigenvalue weighted by atomic mass is 32.2. The molecule has 2 aromatic rings. The minimum Gasteiger partial charge on any atom is -0.505 e. The molecule has 32 heavy (non-hydrogen) atoms. The van der Waals surface area contributed by atoms with E-state index in [0.717, 1.165) is 10.7 Å². The first-order valence-electron chi connectivity index (χ1n) is 9.57. The van der Waals surface area contributed by atoms with Crippen LogP contribution in [-0.2, 0) is 9.59 Å². The third kappa shape index (κ3) is 3.27. The first-order valence-corrected chi connectivity index (χ1v) is 10.4. The van der Waals surface area contributed by atoms with Gasteiger partial charge in [0.15, 0.2) is 11.4 Å². The van der Waals surface area contributed by atoms with Gasteiger partial charge in [0.05, 0.1) is 7.11 Å². The summed E-state index contributed by atoms with van der Waals surface area (Å²) in [5.74, 6) is -2.85. The lowest BCUT2D eigenvalue weighted by atomic mass is 9.96. The first-order chi connectivity index (χ1) is 15.1. The topological polar surface area (TPSA) is 151 Å². The number of rotatable bonds is 5. The molecular formula is C20H20N4O7S. The zero-order valence-corrected chi connectivity index (χ0v) is 18.1. The van der Waals surface area contributed by atoms with E-state index < -0.39 is 57.0 Å². The van der Waals surface area contributed by atoms with Crippen LogP contribution in [-0.4, -0.2) is 72.0 Å². The molecule has 1 aromatic heterocycles.